The second kappa shape index (κ2) is 6.50. The van der Waals surface area contributed by atoms with Crippen molar-refractivity contribution in [3.63, 3.8) is 0 Å². The summed E-state index contributed by atoms with van der Waals surface area (Å²) in [5.74, 6) is 2.00. The van der Waals surface area contributed by atoms with Crippen molar-refractivity contribution >= 4 is 29.3 Å². The second-order valence-electron chi connectivity index (χ2n) is 4.12. The second-order valence-corrected chi connectivity index (χ2v) is 5.61. The smallest absolute Gasteiger partial charge is 0.259 e. The molecule has 1 aromatic rings. The number of carbonyl (C=O) groups is 1. The molecule has 1 unspecified atom stereocenters. The molecule has 4 nitrogen and oxygen atoms in total. The van der Waals surface area contributed by atoms with E-state index in [2.05, 4.69) is 0 Å². The van der Waals surface area contributed by atoms with Gasteiger partial charge in [0.1, 0.15) is 0 Å². The highest BCUT2D eigenvalue weighted by molar-refractivity contribution is 7.99. The molecule has 0 bridgehead atoms. The maximum absolute atomic E-state index is 12.4. The van der Waals surface area contributed by atoms with Crippen molar-refractivity contribution in [3.05, 3.63) is 23.1 Å². The highest BCUT2D eigenvalue weighted by Crippen LogP contribution is 2.26. The lowest BCUT2D eigenvalue weighted by Gasteiger charge is -2.28. The SMILES string of the molecule is COCCN(C(=O)c1ccoc1Cl)C1CCSC1. The number of hydrogen-bond acceptors (Lipinski definition) is 4. The molecule has 0 aromatic carbocycles. The molecule has 2 heterocycles. The van der Waals surface area contributed by atoms with Crippen LogP contribution < -0.4 is 0 Å². The number of furan rings is 1. The molecule has 0 saturated carbocycles. The van der Waals surface area contributed by atoms with E-state index in [0.29, 0.717) is 18.7 Å². The van der Waals surface area contributed by atoms with Crippen LogP contribution in [0.15, 0.2) is 16.7 Å². The summed E-state index contributed by atoms with van der Waals surface area (Å²) in [5.41, 5.74) is 0.435. The Hall–Kier alpha value is -0.650. The lowest BCUT2D eigenvalue weighted by molar-refractivity contribution is 0.0624. The van der Waals surface area contributed by atoms with Gasteiger partial charge in [-0.3, -0.25) is 4.79 Å². The minimum absolute atomic E-state index is 0.0710. The molecule has 0 aliphatic carbocycles. The van der Waals surface area contributed by atoms with Gasteiger partial charge in [0.05, 0.1) is 18.4 Å². The molecule has 0 spiro atoms. The van der Waals surface area contributed by atoms with E-state index >= 15 is 0 Å². The van der Waals surface area contributed by atoms with Gasteiger partial charge in [0.15, 0.2) is 0 Å². The number of hydrogen-bond donors (Lipinski definition) is 0. The molecule has 1 aliphatic heterocycles. The maximum atomic E-state index is 12.4. The number of thioether (sulfide) groups is 1. The first-order valence-electron chi connectivity index (χ1n) is 5.84. The predicted octanol–water partition coefficient (Wildman–Crippen LogP) is 2.53. The molecule has 1 amide bonds. The van der Waals surface area contributed by atoms with E-state index < -0.39 is 0 Å². The van der Waals surface area contributed by atoms with Gasteiger partial charge in [0, 0.05) is 25.4 Å². The normalized spacial score (nSPS) is 19.1. The number of carbonyl (C=O) groups excluding carboxylic acids is 1. The van der Waals surface area contributed by atoms with Gasteiger partial charge >= 0.3 is 0 Å². The van der Waals surface area contributed by atoms with E-state index in [0.717, 1.165) is 17.9 Å². The van der Waals surface area contributed by atoms with Crippen LogP contribution in [0.1, 0.15) is 16.8 Å². The number of amides is 1. The Labute approximate surface area is 116 Å². The van der Waals surface area contributed by atoms with Crippen molar-refractivity contribution in [1.29, 1.82) is 0 Å². The molecule has 2 rings (SSSR count). The molecular weight excluding hydrogens is 274 g/mol. The van der Waals surface area contributed by atoms with Crippen LogP contribution in [0.3, 0.4) is 0 Å². The minimum Gasteiger partial charge on any atom is -0.452 e. The van der Waals surface area contributed by atoms with Crippen LogP contribution in [0, 0.1) is 0 Å². The van der Waals surface area contributed by atoms with Crippen LogP contribution in [0.4, 0.5) is 0 Å². The maximum Gasteiger partial charge on any atom is 0.259 e. The van der Waals surface area contributed by atoms with E-state index in [-0.39, 0.29) is 17.2 Å². The van der Waals surface area contributed by atoms with Crippen LogP contribution in [0.5, 0.6) is 0 Å². The summed E-state index contributed by atoms with van der Waals surface area (Å²) in [4.78, 5) is 14.3. The van der Waals surface area contributed by atoms with Crippen molar-refractivity contribution < 1.29 is 13.9 Å². The van der Waals surface area contributed by atoms with Crippen molar-refractivity contribution in [1.82, 2.24) is 4.90 Å². The largest absolute Gasteiger partial charge is 0.452 e. The van der Waals surface area contributed by atoms with Crippen molar-refractivity contribution in [2.75, 3.05) is 31.8 Å². The highest BCUT2D eigenvalue weighted by Gasteiger charge is 2.29. The van der Waals surface area contributed by atoms with Crippen LogP contribution in [0.25, 0.3) is 0 Å². The van der Waals surface area contributed by atoms with Crippen LogP contribution in [-0.2, 0) is 4.74 Å². The first-order chi connectivity index (χ1) is 8.74. The van der Waals surface area contributed by atoms with E-state index in [1.807, 2.05) is 16.7 Å². The molecule has 18 heavy (non-hydrogen) atoms. The molecule has 1 fully saturated rings. The quantitative estimate of drug-likeness (QED) is 0.835. The number of ether oxygens (including phenoxy) is 1. The number of halogens is 1. The van der Waals surface area contributed by atoms with Crippen molar-refractivity contribution in [3.8, 4) is 0 Å². The predicted molar refractivity (Wildman–Crippen MR) is 72.4 cm³/mol. The zero-order valence-electron chi connectivity index (χ0n) is 10.2. The molecule has 1 saturated heterocycles. The molecule has 0 radical (unpaired) electrons. The Balaban J connectivity index is 2.12. The first kappa shape index (κ1) is 13.8. The third kappa shape index (κ3) is 3.02. The van der Waals surface area contributed by atoms with Gasteiger partial charge in [-0.25, -0.2) is 0 Å². The average molecular weight is 290 g/mol. The Morgan fingerprint density at radius 1 is 1.72 bits per heavy atom. The third-order valence-corrected chi connectivity index (χ3v) is 4.43. The van der Waals surface area contributed by atoms with Gasteiger partial charge < -0.3 is 14.1 Å². The standard InChI is InChI=1S/C12H16ClNO3S/c1-16-6-4-14(9-3-7-18-8-9)12(15)10-2-5-17-11(10)13/h2,5,9H,3-4,6-8H2,1H3. The monoisotopic (exact) mass is 289 g/mol. The van der Waals surface area contributed by atoms with Gasteiger partial charge in [-0.2, -0.15) is 11.8 Å². The lowest BCUT2D eigenvalue weighted by Crippen LogP contribution is -2.42. The van der Waals surface area contributed by atoms with Crippen LogP contribution in [-0.4, -0.2) is 48.6 Å². The minimum atomic E-state index is -0.0710. The fraction of sp³-hybridized carbons (Fsp3) is 0.583. The van der Waals surface area contributed by atoms with Crippen LogP contribution >= 0.6 is 23.4 Å². The summed E-state index contributed by atoms with van der Waals surface area (Å²) in [6, 6.07) is 1.88. The Kier molecular flexibility index (Phi) is 4.97. The topological polar surface area (TPSA) is 42.7 Å². The summed E-state index contributed by atoms with van der Waals surface area (Å²) in [7, 11) is 1.64. The fourth-order valence-electron chi connectivity index (χ4n) is 2.01. The van der Waals surface area contributed by atoms with E-state index in [1.54, 1.807) is 13.2 Å². The van der Waals surface area contributed by atoms with Gasteiger partial charge in [0.2, 0.25) is 5.22 Å². The molecular formula is C12H16ClNO3S. The van der Waals surface area contributed by atoms with Crippen molar-refractivity contribution in [2.24, 2.45) is 0 Å². The molecule has 6 heteroatoms. The summed E-state index contributed by atoms with van der Waals surface area (Å²) in [5, 5.41) is 0.160. The Morgan fingerprint density at radius 2 is 2.56 bits per heavy atom. The number of methoxy groups -OCH3 is 1. The molecule has 100 valence electrons. The highest BCUT2D eigenvalue weighted by atomic mass is 35.5. The van der Waals surface area contributed by atoms with Crippen LogP contribution in [0.2, 0.25) is 5.22 Å². The lowest BCUT2D eigenvalue weighted by atomic mass is 10.2. The van der Waals surface area contributed by atoms with Gasteiger partial charge in [0.25, 0.3) is 5.91 Å². The molecule has 1 atom stereocenters. The van der Waals surface area contributed by atoms with Gasteiger partial charge in [-0.05, 0) is 29.8 Å². The van der Waals surface area contributed by atoms with E-state index in [9.17, 15) is 4.79 Å². The van der Waals surface area contributed by atoms with E-state index in [1.165, 1.54) is 6.26 Å². The van der Waals surface area contributed by atoms with E-state index in [4.69, 9.17) is 20.8 Å². The molecule has 1 aromatic heterocycles. The zero-order valence-corrected chi connectivity index (χ0v) is 11.8. The first-order valence-corrected chi connectivity index (χ1v) is 7.38. The fourth-order valence-corrected chi connectivity index (χ4v) is 3.43. The third-order valence-electron chi connectivity index (χ3n) is 2.99. The van der Waals surface area contributed by atoms with Gasteiger partial charge in [-0.1, -0.05) is 0 Å². The summed E-state index contributed by atoms with van der Waals surface area (Å²) in [6.07, 6.45) is 2.46. The van der Waals surface area contributed by atoms with Gasteiger partial charge in [-0.15, -0.1) is 0 Å². The van der Waals surface area contributed by atoms with Crippen molar-refractivity contribution in [2.45, 2.75) is 12.5 Å². The Bertz CT molecular complexity index is 404. The number of nitrogens with zero attached hydrogens (tertiary/aromatic N) is 1. The number of rotatable bonds is 5. The Morgan fingerprint density at radius 3 is 3.11 bits per heavy atom. The zero-order chi connectivity index (χ0) is 13.0. The summed E-state index contributed by atoms with van der Waals surface area (Å²) >= 11 is 7.74. The summed E-state index contributed by atoms with van der Waals surface area (Å²) < 4.78 is 10.1. The summed E-state index contributed by atoms with van der Waals surface area (Å²) in [6.45, 7) is 1.12. The average Bonchev–Trinajstić information content (AvgIpc) is 3.00. The molecule has 0 N–H and O–H groups in total. The molecule has 1 aliphatic rings.